The molecule has 0 spiro atoms. The van der Waals surface area contributed by atoms with Crippen LogP contribution in [0.5, 0.6) is 0 Å². The van der Waals surface area contributed by atoms with Gasteiger partial charge in [0.2, 0.25) is 0 Å². The molecule has 0 aliphatic carbocycles. The van der Waals surface area contributed by atoms with Gasteiger partial charge in [0.1, 0.15) is 11.6 Å². The van der Waals surface area contributed by atoms with Crippen molar-refractivity contribution in [3.63, 3.8) is 0 Å². The van der Waals surface area contributed by atoms with E-state index in [0.29, 0.717) is 11.1 Å². The second-order valence-corrected chi connectivity index (χ2v) is 8.55. The van der Waals surface area contributed by atoms with Gasteiger partial charge in [0.25, 0.3) is 11.8 Å². The predicted molar refractivity (Wildman–Crippen MR) is 124 cm³/mol. The Kier molecular flexibility index (Phi) is 9.32. The summed E-state index contributed by atoms with van der Waals surface area (Å²) in [6.45, 7) is 5.00. The lowest BCUT2D eigenvalue weighted by Crippen LogP contribution is -2.51. The van der Waals surface area contributed by atoms with Crippen LogP contribution in [0.2, 0.25) is 0 Å². The molecule has 3 N–H and O–H groups in total. The summed E-state index contributed by atoms with van der Waals surface area (Å²) in [5, 5.41) is 15.8. The number of nitrogens with one attached hydrogen (secondary N) is 2. The molecule has 0 fully saturated rings. The molecule has 9 heteroatoms. The number of esters is 2. The van der Waals surface area contributed by atoms with Crippen molar-refractivity contribution in [3.8, 4) is 0 Å². The van der Waals surface area contributed by atoms with Crippen LogP contribution in [-0.2, 0) is 23.9 Å². The molecule has 0 radical (unpaired) electrons. The zero-order valence-corrected chi connectivity index (χ0v) is 19.6. The molecule has 0 heterocycles. The van der Waals surface area contributed by atoms with Gasteiger partial charge < -0.3 is 25.2 Å². The minimum absolute atomic E-state index is 0.341. The van der Waals surface area contributed by atoms with Gasteiger partial charge in [0, 0.05) is 5.56 Å². The molecule has 0 saturated heterocycles. The number of carbonyl (C=O) groups excluding carboxylic acids is 4. The number of ether oxygens (including phenoxy) is 2. The topological polar surface area (TPSA) is 131 Å². The SMILES string of the molecule is COC(=O)[C@H](CC(=O)OC(C)(C)C)NC(=O)[C@H](O)[C@@H](NC(=O)c1ccccc1)c1ccccc1. The Hall–Kier alpha value is -3.72. The number of hydrogen-bond acceptors (Lipinski definition) is 7. The molecule has 2 amide bonds. The zero-order valence-electron chi connectivity index (χ0n) is 19.6. The summed E-state index contributed by atoms with van der Waals surface area (Å²) in [5.41, 5.74) is 0.0195. The summed E-state index contributed by atoms with van der Waals surface area (Å²) in [4.78, 5) is 50.0. The smallest absolute Gasteiger partial charge is 0.328 e. The van der Waals surface area contributed by atoms with E-state index in [0.717, 1.165) is 7.11 Å². The van der Waals surface area contributed by atoms with Crippen LogP contribution in [0.25, 0.3) is 0 Å². The molecule has 0 aliphatic rings. The van der Waals surface area contributed by atoms with Gasteiger partial charge >= 0.3 is 11.9 Å². The number of rotatable bonds is 9. The largest absolute Gasteiger partial charge is 0.467 e. The molecule has 2 aromatic rings. The van der Waals surface area contributed by atoms with Crippen molar-refractivity contribution in [2.45, 2.75) is 51.0 Å². The van der Waals surface area contributed by atoms with E-state index in [1.807, 2.05) is 0 Å². The molecule has 0 unspecified atom stereocenters. The number of methoxy groups -OCH3 is 1. The van der Waals surface area contributed by atoms with Crippen LogP contribution in [0.3, 0.4) is 0 Å². The van der Waals surface area contributed by atoms with Gasteiger partial charge in [-0.05, 0) is 38.5 Å². The number of aliphatic hydroxyl groups excluding tert-OH is 1. The molecule has 182 valence electrons. The summed E-state index contributed by atoms with van der Waals surface area (Å²) in [6.07, 6.45) is -2.27. The van der Waals surface area contributed by atoms with E-state index in [9.17, 15) is 24.3 Å². The fraction of sp³-hybridized carbons (Fsp3) is 0.360. The van der Waals surface area contributed by atoms with E-state index < -0.39 is 54.0 Å². The lowest BCUT2D eigenvalue weighted by Gasteiger charge is -2.26. The third-order valence-corrected chi connectivity index (χ3v) is 4.66. The Morgan fingerprint density at radius 2 is 1.47 bits per heavy atom. The molecule has 0 aliphatic heterocycles. The normalized spacial score (nSPS) is 13.7. The molecule has 2 aromatic carbocycles. The highest BCUT2D eigenvalue weighted by molar-refractivity contribution is 5.95. The van der Waals surface area contributed by atoms with Crippen molar-refractivity contribution < 1.29 is 33.8 Å². The van der Waals surface area contributed by atoms with E-state index in [4.69, 9.17) is 4.74 Å². The van der Waals surface area contributed by atoms with Crippen LogP contribution in [0.15, 0.2) is 60.7 Å². The van der Waals surface area contributed by atoms with E-state index in [-0.39, 0.29) is 0 Å². The standard InChI is InChI=1S/C25H30N2O7/c1-25(2,3)34-19(28)15-18(24(32)33-4)26-23(31)21(29)20(16-11-7-5-8-12-16)27-22(30)17-13-9-6-10-14-17/h5-14,18,20-21,29H,15H2,1-4H3,(H,26,31)(H,27,30)/t18-,20-,21+/m0/s1. The second-order valence-electron chi connectivity index (χ2n) is 8.55. The highest BCUT2D eigenvalue weighted by Crippen LogP contribution is 2.19. The van der Waals surface area contributed by atoms with Gasteiger partial charge in [-0.1, -0.05) is 48.5 Å². The Labute approximate surface area is 198 Å². The first-order chi connectivity index (χ1) is 16.0. The van der Waals surface area contributed by atoms with Crippen molar-refractivity contribution >= 4 is 23.8 Å². The summed E-state index contributed by atoms with van der Waals surface area (Å²) < 4.78 is 9.88. The maximum absolute atomic E-state index is 12.9. The fourth-order valence-corrected chi connectivity index (χ4v) is 3.11. The fourth-order valence-electron chi connectivity index (χ4n) is 3.11. The highest BCUT2D eigenvalue weighted by Gasteiger charge is 2.34. The predicted octanol–water partition coefficient (Wildman–Crippen LogP) is 1.91. The summed E-state index contributed by atoms with van der Waals surface area (Å²) in [7, 11) is 1.11. The minimum atomic E-state index is -1.78. The minimum Gasteiger partial charge on any atom is -0.467 e. The van der Waals surface area contributed by atoms with Gasteiger partial charge in [0.05, 0.1) is 19.6 Å². The molecule has 3 atom stereocenters. The lowest BCUT2D eigenvalue weighted by atomic mass is 9.99. The molecule has 0 bridgehead atoms. The molecule has 34 heavy (non-hydrogen) atoms. The van der Waals surface area contributed by atoms with Crippen molar-refractivity contribution in [1.82, 2.24) is 10.6 Å². The molecule has 2 rings (SSSR count). The number of aliphatic hydroxyl groups is 1. The quantitative estimate of drug-likeness (QED) is 0.477. The van der Waals surface area contributed by atoms with Crippen LogP contribution in [0.4, 0.5) is 0 Å². The lowest BCUT2D eigenvalue weighted by molar-refractivity contribution is -0.159. The molecular formula is C25H30N2O7. The first-order valence-corrected chi connectivity index (χ1v) is 10.7. The number of carbonyl (C=O) groups is 4. The van der Waals surface area contributed by atoms with Gasteiger partial charge in [-0.15, -0.1) is 0 Å². The zero-order chi connectivity index (χ0) is 25.3. The summed E-state index contributed by atoms with van der Waals surface area (Å²) >= 11 is 0. The highest BCUT2D eigenvalue weighted by atomic mass is 16.6. The Morgan fingerprint density at radius 1 is 0.912 bits per heavy atom. The van der Waals surface area contributed by atoms with E-state index in [1.165, 1.54) is 0 Å². The van der Waals surface area contributed by atoms with E-state index in [2.05, 4.69) is 15.4 Å². The van der Waals surface area contributed by atoms with E-state index in [1.54, 1.807) is 81.4 Å². The Morgan fingerprint density at radius 3 is 2.00 bits per heavy atom. The summed E-state index contributed by atoms with van der Waals surface area (Å²) in [5.74, 6) is -3.08. The molecule has 0 saturated carbocycles. The van der Waals surface area contributed by atoms with Crippen LogP contribution in [0, 0.1) is 0 Å². The third-order valence-electron chi connectivity index (χ3n) is 4.66. The van der Waals surface area contributed by atoms with Gasteiger partial charge in [-0.3, -0.25) is 14.4 Å². The molecular weight excluding hydrogens is 440 g/mol. The van der Waals surface area contributed by atoms with Crippen molar-refractivity contribution in [1.29, 1.82) is 0 Å². The number of benzene rings is 2. The Bertz CT molecular complexity index is 987. The molecule has 9 nitrogen and oxygen atoms in total. The first kappa shape index (κ1) is 26.5. The summed E-state index contributed by atoms with van der Waals surface area (Å²) in [6, 6.07) is 14.2. The van der Waals surface area contributed by atoms with Gasteiger partial charge in [-0.25, -0.2) is 4.79 Å². The van der Waals surface area contributed by atoms with Crippen LogP contribution in [-0.4, -0.2) is 53.7 Å². The van der Waals surface area contributed by atoms with Gasteiger partial charge in [0.15, 0.2) is 6.10 Å². The average Bonchev–Trinajstić information content (AvgIpc) is 2.80. The third kappa shape index (κ3) is 8.00. The second kappa shape index (κ2) is 11.9. The average molecular weight is 471 g/mol. The maximum atomic E-state index is 12.9. The van der Waals surface area contributed by atoms with Crippen LogP contribution in [0.1, 0.15) is 49.2 Å². The van der Waals surface area contributed by atoms with Crippen LogP contribution >= 0.6 is 0 Å². The number of hydrogen-bond donors (Lipinski definition) is 3. The van der Waals surface area contributed by atoms with Crippen molar-refractivity contribution in [2.24, 2.45) is 0 Å². The van der Waals surface area contributed by atoms with Gasteiger partial charge in [-0.2, -0.15) is 0 Å². The number of amides is 2. The van der Waals surface area contributed by atoms with Crippen molar-refractivity contribution in [3.05, 3.63) is 71.8 Å². The van der Waals surface area contributed by atoms with Crippen LogP contribution < -0.4 is 10.6 Å². The first-order valence-electron chi connectivity index (χ1n) is 10.7. The molecule has 0 aromatic heterocycles. The Balaban J connectivity index is 2.22. The van der Waals surface area contributed by atoms with Crippen molar-refractivity contribution in [2.75, 3.05) is 7.11 Å². The monoisotopic (exact) mass is 470 g/mol. The maximum Gasteiger partial charge on any atom is 0.328 e. The van der Waals surface area contributed by atoms with E-state index >= 15 is 0 Å².